The van der Waals surface area contributed by atoms with Crippen LogP contribution in [0.2, 0.25) is 0 Å². The van der Waals surface area contributed by atoms with E-state index in [1.54, 1.807) is 0 Å². The molecule has 102 valence electrons. The molecule has 2 aliphatic heterocycles. The van der Waals surface area contributed by atoms with Crippen molar-refractivity contribution in [2.24, 2.45) is 10.7 Å². The first kappa shape index (κ1) is 12.5. The van der Waals surface area contributed by atoms with Gasteiger partial charge in [0, 0.05) is 18.3 Å². The van der Waals surface area contributed by atoms with E-state index in [1.807, 2.05) is 30.3 Å². The number of aliphatic imine (C=N–C) groups is 1. The highest BCUT2D eigenvalue weighted by Gasteiger charge is 2.35. The summed E-state index contributed by atoms with van der Waals surface area (Å²) in [7, 11) is 0. The van der Waals surface area contributed by atoms with Crippen LogP contribution in [0.1, 0.15) is 25.7 Å². The van der Waals surface area contributed by atoms with Crippen LogP contribution in [0.25, 0.3) is 0 Å². The lowest BCUT2D eigenvalue weighted by atomic mass is 9.99. The molecule has 2 fully saturated rings. The lowest BCUT2D eigenvalue weighted by Gasteiger charge is -2.31. The highest BCUT2D eigenvalue weighted by molar-refractivity contribution is 5.92. The summed E-state index contributed by atoms with van der Waals surface area (Å²) in [6.07, 6.45) is 5.08. The predicted octanol–water partition coefficient (Wildman–Crippen LogP) is 2.04. The maximum absolute atomic E-state index is 6.03. The van der Waals surface area contributed by atoms with E-state index in [9.17, 15) is 0 Å². The van der Waals surface area contributed by atoms with Crippen LogP contribution < -0.4 is 11.1 Å². The van der Waals surface area contributed by atoms with Crippen molar-refractivity contribution in [3.8, 4) is 0 Å². The number of nitrogens with one attached hydrogen (secondary N) is 1. The Labute approximate surface area is 114 Å². The van der Waals surface area contributed by atoms with Gasteiger partial charge in [0.05, 0.1) is 6.04 Å². The molecule has 4 heteroatoms. The van der Waals surface area contributed by atoms with Crippen molar-refractivity contribution >= 4 is 11.6 Å². The van der Waals surface area contributed by atoms with Crippen molar-refractivity contribution in [2.45, 2.75) is 37.8 Å². The highest BCUT2D eigenvalue weighted by Crippen LogP contribution is 2.29. The molecule has 2 heterocycles. The fourth-order valence-electron chi connectivity index (χ4n) is 3.25. The van der Waals surface area contributed by atoms with E-state index in [2.05, 4.69) is 10.2 Å². The van der Waals surface area contributed by atoms with Gasteiger partial charge in [-0.25, -0.2) is 4.99 Å². The second-order valence-electron chi connectivity index (χ2n) is 5.46. The Kier molecular flexibility index (Phi) is 3.69. The van der Waals surface area contributed by atoms with Crippen molar-refractivity contribution in [1.82, 2.24) is 4.90 Å². The molecule has 0 amide bonds. The molecule has 0 aromatic heterocycles. The Balaban J connectivity index is 1.64. The molecule has 19 heavy (non-hydrogen) atoms. The predicted molar refractivity (Wildman–Crippen MR) is 79.3 cm³/mol. The van der Waals surface area contributed by atoms with Gasteiger partial charge in [0.2, 0.25) is 0 Å². The van der Waals surface area contributed by atoms with Crippen molar-refractivity contribution in [3.05, 3.63) is 30.3 Å². The van der Waals surface area contributed by atoms with Crippen LogP contribution >= 0.6 is 0 Å². The molecule has 2 saturated heterocycles. The number of para-hydroxylation sites is 1. The van der Waals surface area contributed by atoms with Gasteiger partial charge < -0.3 is 11.1 Å². The molecule has 1 aromatic carbocycles. The molecule has 0 spiro atoms. The van der Waals surface area contributed by atoms with Gasteiger partial charge in [0.15, 0.2) is 5.96 Å². The van der Waals surface area contributed by atoms with E-state index in [0.29, 0.717) is 18.0 Å². The Morgan fingerprint density at radius 1 is 1.16 bits per heavy atom. The third kappa shape index (κ3) is 2.89. The molecule has 0 aliphatic carbocycles. The second kappa shape index (κ2) is 5.61. The summed E-state index contributed by atoms with van der Waals surface area (Å²) in [5, 5.41) is 3.17. The van der Waals surface area contributed by atoms with Crippen LogP contribution in [-0.4, -0.2) is 36.0 Å². The SMILES string of the molecule is NC(=NC1CCN2CCCCC12)Nc1ccccc1. The monoisotopic (exact) mass is 258 g/mol. The van der Waals surface area contributed by atoms with Crippen molar-refractivity contribution in [3.63, 3.8) is 0 Å². The van der Waals surface area contributed by atoms with E-state index in [4.69, 9.17) is 10.7 Å². The number of fused-ring (bicyclic) bond motifs is 1. The molecule has 3 rings (SSSR count). The van der Waals surface area contributed by atoms with Gasteiger partial charge in [-0.3, -0.25) is 4.90 Å². The maximum Gasteiger partial charge on any atom is 0.193 e. The topological polar surface area (TPSA) is 53.6 Å². The summed E-state index contributed by atoms with van der Waals surface area (Å²) in [4.78, 5) is 7.27. The molecular formula is C15H22N4. The van der Waals surface area contributed by atoms with Crippen LogP contribution in [0.4, 0.5) is 5.69 Å². The minimum atomic E-state index is 0.372. The minimum absolute atomic E-state index is 0.372. The third-order valence-electron chi connectivity index (χ3n) is 4.17. The molecule has 2 atom stereocenters. The number of anilines is 1. The van der Waals surface area contributed by atoms with Crippen molar-refractivity contribution < 1.29 is 0 Å². The first-order valence-corrected chi connectivity index (χ1v) is 7.22. The zero-order valence-corrected chi connectivity index (χ0v) is 11.3. The molecular weight excluding hydrogens is 236 g/mol. The first-order valence-electron chi connectivity index (χ1n) is 7.22. The Hall–Kier alpha value is -1.55. The number of rotatable bonds is 2. The number of hydrogen-bond acceptors (Lipinski definition) is 2. The van der Waals surface area contributed by atoms with Crippen LogP contribution in [0, 0.1) is 0 Å². The first-order chi connectivity index (χ1) is 9.33. The standard InChI is InChI=1S/C15H22N4/c16-15(17-12-6-2-1-3-7-12)18-13-9-11-19-10-5-4-8-14(13)19/h1-3,6-7,13-14H,4-5,8-11H2,(H3,16,17,18). The number of benzene rings is 1. The molecule has 2 unspecified atom stereocenters. The quantitative estimate of drug-likeness (QED) is 0.630. The fraction of sp³-hybridized carbons (Fsp3) is 0.533. The lowest BCUT2D eigenvalue weighted by molar-refractivity contribution is 0.190. The highest BCUT2D eigenvalue weighted by atomic mass is 15.2. The fourth-order valence-corrected chi connectivity index (χ4v) is 3.25. The van der Waals surface area contributed by atoms with Gasteiger partial charge >= 0.3 is 0 Å². The number of nitrogens with two attached hydrogens (primary N) is 1. The number of hydrogen-bond donors (Lipinski definition) is 2. The molecule has 0 bridgehead atoms. The van der Waals surface area contributed by atoms with Gasteiger partial charge in [-0.05, 0) is 37.9 Å². The molecule has 0 saturated carbocycles. The molecule has 4 nitrogen and oxygen atoms in total. The van der Waals surface area contributed by atoms with E-state index in [1.165, 1.54) is 32.4 Å². The largest absolute Gasteiger partial charge is 0.370 e. The molecule has 3 N–H and O–H groups in total. The number of nitrogens with zero attached hydrogens (tertiary/aromatic N) is 2. The van der Waals surface area contributed by atoms with Crippen molar-refractivity contribution in [1.29, 1.82) is 0 Å². The van der Waals surface area contributed by atoms with Crippen LogP contribution in [-0.2, 0) is 0 Å². The second-order valence-corrected chi connectivity index (χ2v) is 5.46. The van der Waals surface area contributed by atoms with Gasteiger partial charge in [0.1, 0.15) is 0 Å². The van der Waals surface area contributed by atoms with E-state index >= 15 is 0 Å². The van der Waals surface area contributed by atoms with Crippen LogP contribution in [0.5, 0.6) is 0 Å². The van der Waals surface area contributed by atoms with E-state index < -0.39 is 0 Å². The van der Waals surface area contributed by atoms with Gasteiger partial charge in [-0.1, -0.05) is 24.6 Å². The Morgan fingerprint density at radius 2 is 2.00 bits per heavy atom. The minimum Gasteiger partial charge on any atom is -0.370 e. The Bertz CT molecular complexity index is 443. The summed E-state index contributed by atoms with van der Waals surface area (Å²) >= 11 is 0. The zero-order chi connectivity index (χ0) is 13.1. The summed E-state index contributed by atoms with van der Waals surface area (Å²) in [6, 6.07) is 11.0. The van der Waals surface area contributed by atoms with Gasteiger partial charge in [-0.15, -0.1) is 0 Å². The average molecular weight is 258 g/mol. The number of guanidine groups is 1. The van der Waals surface area contributed by atoms with Gasteiger partial charge in [-0.2, -0.15) is 0 Å². The van der Waals surface area contributed by atoms with Crippen LogP contribution in [0.15, 0.2) is 35.3 Å². The summed E-state index contributed by atoms with van der Waals surface area (Å²) in [5.41, 5.74) is 7.03. The zero-order valence-electron chi connectivity index (χ0n) is 11.3. The summed E-state index contributed by atoms with van der Waals surface area (Å²) in [6.45, 7) is 2.42. The number of piperidine rings is 1. The van der Waals surface area contributed by atoms with Crippen LogP contribution in [0.3, 0.4) is 0 Å². The van der Waals surface area contributed by atoms with E-state index in [0.717, 1.165) is 12.1 Å². The summed E-state index contributed by atoms with van der Waals surface area (Å²) < 4.78 is 0. The summed E-state index contributed by atoms with van der Waals surface area (Å²) in [5.74, 6) is 0.545. The average Bonchev–Trinajstić information content (AvgIpc) is 2.83. The lowest BCUT2D eigenvalue weighted by Crippen LogP contribution is -2.39. The van der Waals surface area contributed by atoms with E-state index in [-0.39, 0.29) is 0 Å². The Morgan fingerprint density at radius 3 is 2.84 bits per heavy atom. The molecule has 0 radical (unpaired) electrons. The molecule has 2 aliphatic rings. The smallest absolute Gasteiger partial charge is 0.193 e. The normalized spacial score (nSPS) is 28.1. The maximum atomic E-state index is 6.03. The third-order valence-corrected chi connectivity index (χ3v) is 4.17. The molecule has 1 aromatic rings. The van der Waals surface area contributed by atoms with Gasteiger partial charge in [0.25, 0.3) is 0 Å². The van der Waals surface area contributed by atoms with Crippen molar-refractivity contribution in [2.75, 3.05) is 18.4 Å².